The molecule has 210 valence electrons. The summed E-state index contributed by atoms with van der Waals surface area (Å²) in [6, 6.07) is 24.7. The Bertz CT molecular complexity index is 1470. The van der Waals surface area contributed by atoms with Gasteiger partial charge in [0.05, 0.1) is 5.56 Å². The maximum Gasteiger partial charge on any atom is 0.445 e. The quantitative estimate of drug-likeness (QED) is 0.129. The molecule has 4 aromatic carbocycles. The molecule has 0 amide bonds. The van der Waals surface area contributed by atoms with E-state index in [1.807, 2.05) is 0 Å². The average Bonchev–Trinajstić information content (AvgIpc) is 2.93. The Labute approximate surface area is 228 Å². The number of halogens is 5. The first-order chi connectivity index (χ1) is 18.8. The van der Waals surface area contributed by atoms with Crippen LogP contribution >= 0.6 is 10.0 Å². The lowest BCUT2D eigenvalue weighted by molar-refractivity contribution is -0.268. The average molecular weight is 597 g/mol. The lowest BCUT2D eigenvalue weighted by atomic mass is 10.2. The van der Waals surface area contributed by atoms with Gasteiger partial charge in [-0.2, -0.15) is 30.4 Å². The number of carbonyl (C=O) groups is 1. The molecule has 1 atom stereocenters. The van der Waals surface area contributed by atoms with E-state index in [4.69, 9.17) is 4.74 Å². The fraction of sp³-hybridized carbons (Fsp3) is 0.107. The zero-order valence-electron chi connectivity index (χ0n) is 20.3. The van der Waals surface area contributed by atoms with E-state index in [1.165, 1.54) is 72.8 Å². The van der Waals surface area contributed by atoms with Crippen molar-refractivity contribution in [1.82, 2.24) is 0 Å². The fourth-order valence-electron chi connectivity index (χ4n) is 4.41. The molecule has 4 aromatic rings. The summed E-state index contributed by atoms with van der Waals surface area (Å²) in [7, 11) is -11.6. The van der Waals surface area contributed by atoms with Crippen molar-refractivity contribution in [3.05, 3.63) is 127 Å². The van der Waals surface area contributed by atoms with Gasteiger partial charge in [0.15, 0.2) is 0 Å². The van der Waals surface area contributed by atoms with E-state index in [1.54, 1.807) is 0 Å². The summed E-state index contributed by atoms with van der Waals surface area (Å²) in [6.07, 6.45) is -6.28. The summed E-state index contributed by atoms with van der Waals surface area (Å²) >= 11 is 0. The minimum atomic E-state index is -6.89. The van der Waals surface area contributed by atoms with E-state index >= 15 is 22.0 Å². The minimum absolute atomic E-state index is 0.408. The topological polar surface area (TPSA) is 80.7 Å². The molecular formula is C28H21F5O5S2. The van der Waals surface area contributed by atoms with Crippen LogP contribution in [-0.2, 0) is 14.9 Å². The summed E-state index contributed by atoms with van der Waals surface area (Å²) in [6.45, 7) is 0. The lowest BCUT2D eigenvalue weighted by Gasteiger charge is -2.55. The number of esters is 1. The zero-order valence-corrected chi connectivity index (χ0v) is 22.0. The Hall–Kier alpha value is -3.74. The predicted octanol–water partition coefficient (Wildman–Crippen LogP) is 7.56. The molecule has 5 nitrogen and oxygen atoms in total. The number of hydrogen-bond acceptors (Lipinski definition) is 4. The van der Waals surface area contributed by atoms with Gasteiger partial charge in [0.25, 0.3) is 0 Å². The summed E-state index contributed by atoms with van der Waals surface area (Å²) < 4.78 is 119. The molecule has 0 aliphatic rings. The smallest absolute Gasteiger partial charge is 0.427 e. The first-order valence-electron chi connectivity index (χ1n) is 11.5. The molecule has 0 aromatic heterocycles. The predicted molar refractivity (Wildman–Crippen MR) is 139 cm³/mol. The molecule has 0 fully saturated rings. The molecule has 0 aliphatic heterocycles. The third-order valence-corrected chi connectivity index (χ3v) is 11.5. The Balaban J connectivity index is 2.32. The maximum atomic E-state index is 16.4. The van der Waals surface area contributed by atoms with E-state index in [0.29, 0.717) is 0 Å². The number of benzene rings is 4. The molecule has 0 bridgehead atoms. The van der Waals surface area contributed by atoms with Crippen LogP contribution in [0.1, 0.15) is 10.4 Å². The molecule has 1 N–H and O–H groups in total. The highest BCUT2D eigenvalue weighted by Crippen LogP contribution is 2.82. The number of hydrogen-bond donors (Lipinski definition) is 1. The molecule has 0 saturated carbocycles. The summed E-state index contributed by atoms with van der Waals surface area (Å²) in [5.74, 6) is -1.87. The van der Waals surface area contributed by atoms with E-state index in [-0.39, 0.29) is 0 Å². The van der Waals surface area contributed by atoms with Crippen molar-refractivity contribution in [2.45, 2.75) is 31.1 Å². The molecular weight excluding hydrogens is 575 g/mol. The third kappa shape index (κ3) is 4.55. The van der Waals surface area contributed by atoms with Crippen molar-refractivity contribution >= 4 is 26.1 Å². The standard InChI is InChI=1S/C28H21F5O5S2/c29-27(30,31)26(28(32,33)40(35,36)37,38-25(34)21-13-5-1-6-14-21)39(22-15-7-2-8-16-22,23-17-9-3-10-18-23)24-19-11-4-12-20-24/h1-20H,(H,35,36,37). The molecule has 40 heavy (non-hydrogen) atoms. The van der Waals surface area contributed by atoms with Gasteiger partial charge in [-0.05, 0) is 48.5 Å². The lowest BCUT2D eigenvalue weighted by Crippen LogP contribution is -2.66. The van der Waals surface area contributed by atoms with Crippen molar-refractivity contribution in [2.24, 2.45) is 0 Å². The molecule has 0 heterocycles. The van der Waals surface area contributed by atoms with Gasteiger partial charge in [-0.25, -0.2) is 4.79 Å². The second-order valence-corrected chi connectivity index (χ2v) is 13.1. The van der Waals surface area contributed by atoms with Crippen molar-refractivity contribution in [3.63, 3.8) is 0 Å². The van der Waals surface area contributed by atoms with E-state index in [9.17, 15) is 17.8 Å². The summed E-state index contributed by atoms with van der Waals surface area (Å²) in [5, 5.41) is -6.11. The van der Waals surface area contributed by atoms with Crippen LogP contribution in [0.15, 0.2) is 136 Å². The van der Waals surface area contributed by atoms with Gasteiger partial charge >= 0.3 is 32.5 Å². The van der Waals surface area contributed by atoms with Crippen molar-refractivity contribution in [1.29, 1.82) is 0 Å². The summed E-state index contributed by atoms with van der Waals surface area (Å²) in [4.78, 5) is 6.91. The highest BCUT2D eigenvalue weighted by Gasteiger charge is 2.85. The second-order valence-electron chi connectivity index (χ2n) is 8.41. The summed E-state index contributed by atoms with van der Waals surface area (Å²) in [5.41, 5.74) is -0.551. The van der Waals surface area contributed by atoms with Gasteiger partial charge < -0.3 is 4.74 Å². The fourth-order valence-corrected chi connectivity index (χ4v) is 10.0. The van der Waals surface area contributed by atoms with Crippen LogP contribution < -0.4 is 0 Å². The van der Waals surface area contributed by atoms with Crippen LogP contribution in [0.2, 0.25) is 0 Å². The number of rotatable bonds is 8. The van der Waals surface area contributed by atoms with E-state index in [2.05, 4.69) is 0 Å². The molecule has 12 heteroatoms. The largest absolute Gasteiger partial charge is 0.445 e. The second kappa shape index (κ2) is 10.7. The van der Waals surface area contributed by atoms with Gasteiger partial charge in [0, 0.05) is 14.7 Å². The van der Waals surface area contributed by atoms with Crippen molar-refractivity contribution in [3.8, 4) is 0 Å². The van der Waals surface area contributed by atoms with E-state index < -0.39 is 62.7 Å². The molecule has 0 aliphatic carbocycles. The van der Waals surface area contributed by atoms with Gasteiger partial charge in [-0.1, -0.05) is 72.8 Å². The van der Waals surface area contributed by atoms with Gasteiger partial charge in [-0.3, -0.25) is 4.55 Å². The SMILES string of the molecule is O=C(OC(C(F)(F)F)(C(F)(F)S(=O)(=O)O)S(c1ccccc1)(c1ccccc1)c1ccccc1)c1ccccc1. The first kappa shape index (κ1) is 29.2. The van der Waals surface area contributed by atoms with Crippen molar-refractivity contribution < 1.29 is 44.5 Å². The van der Waals surface area contributed by atoms with Gasteiger partial charge in [0.1, 0.15) is 0 Å². The van der Waals surface area contributed by atoms with Gasteiger partial charge in [-0.15, -0.1) is 10.0 Å². The normalized spacial score (nSPS) is 14.7. The maximum absolute atomic E-state index is 16.4. The Morgan fingerprint density at radius 3 is 1.23 bits per heavy atom. The first-order valence-corrected chi connectivity index (χ1v) is 14.6. The van der Waals surface area contributed by atoms with Crippen LogP contribution in [0.3, 0.4) is 0 Å². The van der Waals surface area contributed by atoms with Crippen LogP contribution in [0.5, 0.6) is 0 Å². The molecule has 0 saturated heterocycles. The molecule has 4 rings (SSSR count). The third-order valence-electron chi connectivity index (χ3n) is 6.05. The zero-order chi connectivity index (χ0) is 29.2. The van der Waals surface area contributed by atoms with Crippen molar-refractivity contribution in [2.75, 3.05) is 0 Å². The Morgan fingerprint density at radius 1 is 0.600 bits per heavy atom. The monoisotopic (exact) mass is 596 g/mol. The highest BCUT2D eigenvalue weighted by molar-refractivity contribution is 8.35. The van der Waals surface area contributed by atoms with Crippen LogP contribution in [0.25, 0.3) is 0 Å². The van der Waals surface area contributed by atoms with E-state index in [0.717, 1.165) is 48.5 Å². The molecule has 1 unspecified atom stereocenters. The number of ether oxygens (including phenoxy) is 1. The number of carbonyl (C=O) groups excluding carboxylic acids is 1. The molecule has 0 spiro atoms. The van der Waals surface area contributed by atoms with Gasteiger partial charge in [0.2, 0.25) is 0 Å². The number of alkyl halides is 5. The highest BCUT2D eigenvalue weighted by atomic mass is 32.3. The minimum Gasteiger partial charge on any atom is -0.427 e. The van der Waals surface area contributed by atoms with Crippen LogP contribution in [0.4, 0.5) is 22.0 Å². The van der Waals surface area contributed by atoms with Crippen LogP contribution in [0, 0.1) is 0 Å². The molecule has 0 radical (unpaired) electrons. The van der Waals surface area contributed by atoms with Crippen LogP contribution in [-0.4, -0.2) is 35.3 Å². The Morgan fingerprint density at radius 2 is 0.925 bits per heavy atom. The Kier molecular flexibility index (Phi) is 7.81.